The normalized spacial score (nSPS) is 18.9. The molecular formula is C12H19N3O3S. The Hall–Kier alpha value is -1.18. The first-order valence-corrected chi connectivity index (χ1v) is 7.67. The van der Waals surface area contributed by atoms with E-state index in [1.165, 1.54) is 25.5 Å². The first-order chi connectivity index (χ1) is 8.85. The summed E-state index contributed by atoms with van der Waals surface area (Å²) >= 11 is 0. The smallest absolute Gasteiger partial charge is 0.246 e. The van der Waals surface area contributed by atoms with Gasteiger partial charge in [0.15, 0.2) is 0 Å². The van der Waals surface area contributed by atoms with Gasteiger partial charge in [0.25, 0.3) is 0 Å². The minimum Gasteiger partial charge on any atom is -0.398 e. The molecule has 0 spiro atoms. The van der Waals surface area contributed by atoms with Gasteiger partial charge in [-0.25, -0.2) is 8.42 Å². The number of pyridine rings is 1. The van der Waals surface area contributed by atoms with Crippen molar-refractivity contribution in [3.63, 3.8) is 0 Å². The highest BCUT2D eigenvalue weighted by atomic mass is 32.2. The average molecular weight is 285 g/mol. The van der Waals surface area contributed by atoms with E-state index in [0.29, 0.717) is 12.8 Å². The number of likely N-dealkylation sites (N-methyl/N-ethyl adjacent to an activating group) is 1. The van der Waals surface area contributed by atoms with Gasteiger partial charge in [-0.1, -0.05) is 12.8 Å². The Kier molecular flexibility index (Phi) is 3.80. The molecule has 19 heavy (non-hydrogen) atoms. The maximum Gasteiger partial charge on any atom is 0.246 e. The van der Waals surface area contributed by atoms with Crippen LogP contribution >= 0.6 is 0 Å². The summed E-state index contributed by atoms with van der Waals surface area (Å²) in [7, 11) is -2.25. The minimum atomic E-state index is -3.71. The number of sulfonamides is 1. The second-order valence-electron chi connectivity index (χ2n) is 5.11. The van der Waals surface area contributed by atoms with Gasteiger partial charge in [0, 0.05) is 26.0 Å². The molecule has 106 valence electrons. The average Bonchev–Trinajstić information content (AvgIpc) is 2.76. The quantitative estimate of drug-likeness (QED) is 0.844. The predicted octanol–water partition coefficient (Wildman–Crippen LogP) is 0.589. The molecule has 0 atom stereocenters. The molecular weight excluding hydrogens is 266 g/mol. The molecule has 7 heteroatoms. The lowest BCUT2D eigenvalue weighted by Gasteiger charge is -2.28. The van der Waals surface area contributed by atoms with E-state index in [9.17, 15) is 13.5 Å². The second kappa shape index (κ2) is 5.07. The first-order valence-electron chi connectivity index (χ1n) is 6.23. The number of aliphatic hydroxyl groups is 1. The van der Waals surface area contributed by atoms with E-state index < -0.39 is 15.6 Å². The summed E-state index contributed by atoms with van der Waals surface area (Å²) in [6.07, 6.45) is 5.81. The Morgan fingerprint density at radius 1 is 1.47 bits per heavy atom. The summed E-state index contributed by atoms with van der Waals surface area (Å²) in [4.78, 5) is 3.78. The molecule has 0 aromatic carbocycles. The molecule has 1 aliphatic rings. The summed E-state index contributed by atoms with van der Waals surface area (Å²) in [5.74, 6) is 0. The van der Waals surface area contributed by atoms with Gasteiger partial charge < -0.3 is 10.8 Å². The molecule has 0 radical (unpaired) electrons. The predicted molar refractivity (Wildman–Crippen MR) is 71.9 cm³/mol. The maximum atomic E-state index is 12.4. The van der Waals surface area contributed by atoms with Gasteiger partial charge in [0.2, 0.25) is 10.0 Å². The lowest BCUT2D eigenvalue weighted by molar-refractivity contribution is 0.0333. The van der Waals surface area contributed by atoms with Crippen LogP contribution < -0.4 is 5.73 Å². The molecule has 1 heterocycles. The molecule has 0 amide bonds. The van der Waals surface area contributed by atoms with Crippen LogP contribution in [-0.4, -0.2) is 42.0 Å². The summed E-state index contributed by atoms with van der Waals surface area (Å²) < 4.78 is 25.9. The third-order valence-electron chi connectivity index (χ3n) is 3.56. The van der Waals surface area contributed by atoms with Crippen molar-refractivity contribution in [3.8, 4) is 0 Å². The van der Waals surface area contributed by atoms with Crippen LogP contribution in [0.5, 0.6) is 0 Å². The van der Waals surface area contributed by atoms with Crippen molar-refractivity contribution >= 4 is 15.7 Å². The number of nitrogen functional groups attached to an aromatic ring is 1. The van der Waals surface area contributed by atoms with Crippen molar-refractivity contribution in [2.45, 2.75) is 36.2 Å². The minimum absolute atomic E-state index is 0.0147. The van der Waals surface area contributed by atoms with Crippen LogP contribution in [0.3, 0.4) is 0 Å². The molecule has 0 unspecified atom stereocenters. The van der Waals surface area contributed by atoms with Gasteiger partial charge in [0.1, 0.15) is 4.90 Å². The van der Waals surface area contributed by atoms with E-state index in [0.717, 1.165) is 17.1 Å². The molecule has 1 aromatic heterocycles. The maximum absolute atomic E-state index is 12.4. The zero-order valence-electron chi connectivity index (χ0n) is 10.9. The van der Waals surface area contributed by atoms with Crippen LogP contribution in [-0.2, 0) is 10.0 Å². The van der Waals surface area contributed by atoms with Crippen molar-refractivity contribution in [2.24, 2.45) is 0 Å². The summed E-state index contributed by atoms with van der Waals surface area (Å²) in [5.41, 5.74) is 4.93. The summed E-state index contributed by atoms with van der Waals surface area (Å²) in [5, 5.41) is 10.3. The van der Waals surface area contributed by atoms with Crippen molar-refractivity contribution in [1.82, 2.24) is 9.29 Å². The number of nitrogens with two attached hydrogens (primary N) is 1. The van der Waals surface area contributed by atoms with Crippen molar-refractivity contribution in [1.29, 1.82) is 0 Å². The fraction of sp³-hybridized carbons (Fsp3) is 0.583. The molecule has 6 nitrogen and oxygen atoms in total. The van der Waals surface area contributed by atoms with Crippen LogP contribution in [0.2, 0.25) is 0 Å². The molecule has 1 saturated carbocycles. The largest absolute Gasteiger partial charge is 0.398 e. The van der Waals surface area contributed by atoms with Gasteiger partial charge in [-0.05, 0) is 18.9 Å². The van der Waals surface area contributed by atoms with Crippen molar-refractivity contribution in [2.75, 3.05) is 19.3 Å². The lowest BCUT2D eigenvalue weighted by Crippen LogP contribution is -2.42. The van der Waals surface area contributed by atoms with Crippen molar-refractivity contribution < 1.29 is 13.5 Å². The molecule has 0 saturated heterocycles. The SMILES string of the molecule is CN(CC1(O)CCCC1)S(=O)(=O)c1cnccc1N. The standard InChI is InChI=1S/C12H19N3O3S/c1-15(9-12(16)5-2-3-6-12)19(17,18)11-8-14-7-4-10(11)13/h4,7-8,16H,2-3,5-6,9H2,1H3,(H2,13,14). The molecule has 1 aromatic rings. The number of nitrogens with zero attached hydrogens (tertiary/aromatic N) is 2. The molecule has 3 N–H and O–H groups in total. The Morgan fingerprint density at radius 2 is 2.11 bits per heavy atom. The fourth-order valence-corrected chi connectivity index (χ4v) is 3.77. The third-order valence-corrected chi connectivity index (χ3v) is 5.40. The van der Waals surface area contributed by atoms with Crippen LogP contribution in [0.4, 0.5) is 5.69 Å². The number of aromatic nitrogens is 1. The van der Waals surface area contributed by atoms with Crippen molar-refractivity contribution in [3.05, 3.63) is 18.5 Å². The Bertz CT molecular complexity index is 553. The highest BCUT2D eigenvalue weighted by Gasteiger charge is 2.36. The molecule has 2 rings (SSSR count). The fourth-order valence-electron chi connectivity index (χ4n) is 2.46. The van der Waals surface area contributed by atoms with Gasteiger partial charge in [-0.15, -0.1) is 0 Å². The van der Waals surface area contributed by atoms with E-state index in [2.05, 4.69) is 4.98 Å². The number of hydrogen-bond acceptors (Lipinski definition) is 5. The highest BCUT2D eigenvalue weighted by molar-refractivity contribution is 7.89. The Morgan fingerprint density at radius 3 is 2.68 bits per heavy atom. The van der Waals surface area contributed by atoms with Crippen LogP contribution in [0.25, 0.3) is 0 Å². The number of hydrogen-bond donors (Lipinski definition) is 2. The van der Waals surface area contributed by atoms with Crippen LogP contribution in [0, 0.1) is 0 Å². The number of rotatable bonds is 4. The van der Waals surface area contributed by atoms with E-state index in [1.54, 1.807) is 0 Å². The van der Waals surface area contributed by atoms with Gasteiger partial charge >= 0.3 is 0 Å². The zero-order chi connectivity index (χ0) is 14.1. The molecule has 1 aliphatic carbocycles. The third kappa shape index (κ3) is 2.88. The van der Waals surface area contributed by atoms with Gasteiger partial charge in [-0.3, -0.25) is 4.98 Å². The van der Waals surface area contributed by atoms with E-state index in [1.807, 2.05) is 0 Å². The first kappa shape index (κ1) is 14.2. The zero-order valence-corrected chi connectivity index (χ0v) is 11.7. The molecule has 0 bridgehead atoms. The van der Waals surface area contributed by atoms with E-state index >= 15 is 0 Å². The monoisotopic (exact) mass is 285 g/mol. The Balaban J connectivity index is 2.22. The topological polar surface area (TPSA) is 96.5 Å². The molecule has 1 fully saturated rings. The number of anilines is 1. The highest BCUT2D eigenvalue weighted by Crippen LogP contribution is 2.31. The lowest BCUT2D eigenvalue weighted by atomic mass is 10.0. The summed E-state index contributed by atoms with van der Waals surface area (Å²) in [6, 6.07) is 1.45. The molecule has 0 aliphatic heterocycles. The van der Waals surface area contributed by atoms with Gasteiger partial charge in [0.05, 0.1) is 11.3 Å². The second-order valence-corrected chi connectivity index (χ2v) is 7.12. The van der Waals surface area contributed by atoms with Crippen LogP contribution in [0.15, 0.2) is 23.4 Å². The van der Waals surface area contributed by atoms with E-state index in [4.69, 9.17) is 5.73 Å². The Labute approximate surface area is 113 Å². The van der Waals surface area contributed by atoms with Gasteiger partial charge in [-0.2, -0.15) is 4.31 Å². The van der Waals surface area contributed by atoms with Crippen LogP contribution in [0.1, 0.15) is 25.7 Å². The van der Waals surface area contributed by atoms with E-state index in [-0.39, 0.29) is 17.1 Å². The summed E-state index contributed by atoms with van der Waals surface area (Å²) in [6.45, 7) is 0.0870.